The molecule has 4 nitrogen and oxygen atoms in total. The lowest BCUT2D eigenvalue weighted by molar-refractivity contribution is -0.133. The van der Waals surface area contributed by atoms with Crippen LogP contribution in [0.2, 0.25) is 0 Å². The standard InChI is InChI=1S/C16H29N3O/c1-12-3-4-13(2)19(12)11-16(20)18-7-5-14-9-17-10-15(14)6-8-18/h12-15,17H,3-11H2,1-2H3/t12?,13?,14-,15+. The van der Waals surface area contributed by atoms with Crippen molar-refractivity contribution in [3.05, 3.63) is 0 Å². The summed E-state index contributed by atoms with van der Waals surface area (Å²) in [7, 11) is 0. The molecule has 0 spiro atoms. The average Bonchev–Trinajstić information content (AvgIpc) is 2.94. The Morgan fingerprint density at radius 2 is 1.55 bits per heavy atom. The van der Waals surface area contributed by atoms with E-state index >= 15 is 0 Å². The van der Waals surface area contributed by atoms with Gasteiger partial charge in [0.25, 0.3) is 0 Å². The Bertz CT molecular complexity index is 336. The second-order valence-corrected chi connectivity index (χ2v) is 7.08. The number of likely N-dealkylation sites (tertiary alicyclic amines) is 2. The Morgan fingerprint density at radius 3 is 2.10 bits per heavy atom. The summed E-state index contributed by atoms with van der Waals surface area (Å²) in [6.45, 7) is 9.41. The van der Waals surface area contributed by atoms with E-state index in [0.717, 1.165) is 38.0 Å². The Morgan fingerprint density at radius 1 is 1.00 bits per heavy atom. The first-order valence-electron chi connectivity index (χ1n) is 8.39. The van der Waals surface area contributed by atoms with E-state index in [1.807, 2.05) is 0 Å². The molecule has 20 heavy (non-hydrogen) atoms. The molecule has 0 saturated carbocycles. The number of hydrogen-bond donors (Lipinski definition) is 1. The van der Waals surface area contributed by atoms with Crippen molar-refractivity contribution in [2.24, 2.45) is 11.8 Å². The highest BCUT2D eigenvalue weighted by Crippen LogP contribution is 2.28. The van der Waals surface area contributed by atoms with Crippen LogP contribution in [-0.2, 0) is 4.79 Å². The molecule has 0 aromatic heterocycles. The zero-order valence-corrected chi connectivity index (χ0v) is 13.0. The fourth-order valence-electron chi connectivity index (χ4n) is 4.28. The number of nitrogens with one attached hydrogen (secondary N) is 1. The lowest BCUT2D eigenvalue weighted by Crippen LogP contribution is -2.44. The van der Waals surface area contributed by atoms with E-state index in [4.69, 9.17) is 0 Å². The van der Waals surface area contributed by atoms with Crippen LogP contribution in [0.4, 0.5) is 0 Å². The zero-order chi connectivity index (χ0) is 14.1. The Balaban J connectivity index is 1.55. The summed E-state index contributed by atoms with van der Waals surface area (Å²) < 4.78 is 0. The number of carbonyl (C=O) groups excluding carboxylic acids is 1. The third-order valence-corrected chi connectivity index (χ3v) is 5.82. The fraction of sp³-hybridized carbons (Fsp3) is 0.938. The molecule has 4 heteroatoms. The van der Waals surface area contributed by atoms with Crippen LogP contribution in [0, 0.1) is 11.8 Å². The lowest BCUT2D eigenvalue weighted by atomic mass is 9.92. The summed E-state index contributed by atoms with van der Waals surface area (Å²) in [6.07, 6.45) is 4.86. The molecule has 3 rings (SSSR count). The number of nitrogens with zero attached hydrogens (tertiary/aromatic N) is 2. The van der Waals surface area contributed by atoms with Crippen LogP contribution in [0.25, 0.3) is 0 Å². The number of fused-ring (bicyclic) bond motifs is 1. The van der Waals surface area contributed by atoms with Crippen molar-refractivity contribution in [1.82, 2.24) is 15.1 Å². The molecule has 114 valence electrons. The van der Waals surface area contributed by atoms with E-state index in [-0.39, 0.29) is 0 Å². The van der Waals surface area contributed by atoms with Crippen LogP contribution in [-0.4, -0.2) is 60.5 Å². The predicted molar refractivity (Wildman–Crippen MR) is 80.5 cm³/mol. The smallest absolute Gasteiger partial charge is 0.236 e. The van der Waals surface area contributed by atoms with Crippen LogP contribution in [0.15, 0.2) is 0 Å². The maximum absolute atomic E-state index is 12.6. The lowest BCUT2D eigenvalue weighted by Gasteiger charge is -2.29. The third-order valence-electron chi connectivity index (χ3n) is 5.82. The van der Waals surface area contributed by atoms with Gasteiger partial charge in [-0.2, -0.15) is 0 Å². The predicted octanol–water partition coefficient (Wildman–Crippen LogP) is 1.32. The van der Waals surface area contributed by atoms with Crippen LogP contribution < -0.4 is 5.32 Å². The average molecular weight is 279 g/mol. The van der Waals surface area contributed by atoms with Crippen molar-refractivity contribution in [3.63, 3.8) is 0 Å². The Hall–Kier alpha value is -0.610. The minimum absolute atomic E-state index is 0.360. The molecule has 3 aliphatic rings. The first-order valence-corrected chi connectivity index (χ1v) is 8.39. The summed E-state index contributed by atoms with van der Waals surface area (Å²) in [4.78, 5) is 17.1. The zero-order valence-electron chi connectivity index (χ0n) is 13.0. The third kappa shape index (κ3) is 2.86. The van der Waals surface area contributed by atoms with Gasteiger partial charge in [-0.25, -0.2) is 0 Å². The largest absolute Gasteiger partial charge is 0.342 e. The van der Waals surface area contributed by atoms with Crippen molar-refractivity contribution in [2.45, 2.75) is 51.6 Å². The maximum atomic E-state index is 12.6. The van der Waals surface area contributed by atoms with E-state index in [1.54, 1.807) is 0 Å². The molecule has 3 saturated heterocycles. The van der Waals surface area contributed by atoms with Gasteiger partial charge < -0.3 is 10.2 Å². The topological polar surface area (TPSA) is 35.6 Å². The fourth-order valence-corrected chi connectivity index (χ4v) is 4.28. The van der Waals surface area contributed by atoms with Crippen molar-refractivity contribution in [3.8, 4) is 0 Å². The number of amides is 1. The van der Waals surface area contributed by atoms with Crippen molar-refractivity contribution in [1.29, 1.82) is 0 Å². The molecule has 0 aliphatic carbocycles. The summed E-state index contributed by atoms with van der Waals surface area (Å²) in [6, 6.07) is 1.15. The van der Waals surface area contributed by atoms with Crippen molar-refractivity contribution in [2.75, 3.05) is 32.7 Å². The van der Waals surface area contributed by atoms with Gasteiger partial charge in [-0.3, -0.25) is 9.69 Å². The van der Waals surface area contributed by atoms with Crippen LogP contribution in [0.3, 0.4) is 0 Å². The maximum Gasteiger partial charge on any atom is 0.236 e. The summed E-state index contributed by atoms with van der Waals surface area (Å²) in [5, 5.41) is 3.49. The molecular weight excluding hydrogens is 250 g/mol. The number of hydrogen-bond acceptors (Lipinski definition) is 3. The molecular formula is C16H29N3O. The molecule has 1 N–H and O–H groups in total. The van der Waals surface area contributed by atoms with Gasteiger partial charge in [0.2, 0.25) is 5.91 Å². The molecule has 0 aromatic rings. The van der Waals surface area contributed by atoms with Gasteiger partial charge >= 0.3 is 0 Å². The van der Waals surface area contributed by atoms with E-state index in [0.29, 0.717) is 24.5 Å². The molecule has 3 fully saturated rings. The first kappa shape index (κ1) is 14.3. The minimum atomic E-state index is 0.360. The Kier molecular flexibility index (Phi) is 4.32. The van der Waals surface area contributed by atoms with Gasteiger partial charge in [0.15, 0.2) is 0 Å². The van der Waals surface area contributed by atoms with E-state index in [2.05, 4.69) is 29.0 Å². The van der Waals surface area contributed by atoms with Crippen molar-refractivity contribution < 1.29 is 4.79 Å². The van der Waals surface area contributed by atoms with E-state index < -0.39 is 0 Å². The van der Waals surface area contributed by atoms with Crippen molar-refractivity contribution >= 4 is 5.91 Å². The van der Waals surface area contributed by atoms with Crippen LogP contribution in [0.1, 0.15) is 39.5 Å². The molecule has 0 aromatic carbocycles. The molecule has 1 amide bonds. The van der Waals surface area contributed by atoms with E-state index in [1.165, 1.54) is 25.7 Å². The van der Waals surface area contributed by atoms with Gasteiger partial charge in [-0.05, 0) is 64.5 Å². The van der Waals surface area contributed by atoms with E-state index in [9.17, 15) is 4.79 Å². The molecule has 3 heterocycles. The summed E-state index contributed by atoms with van der Waals surface area (Å²) in [5.41, 5.74) is 0. The Labute approximate surface area is 122 Å². The quantitative estimate of drug-likeness (QED) is 0.828. The monoisotopic (exact) mass is 279 g/mol. The van der Waals surface area contributed by atoms with Gasteiger partial charge in [0.05, 0.1) is 6.54 Å². The second kappa shape index (κ2) is 6.02. The molecule has 3 aliphatic heterocycles. The van der Waals surface area contributed by atoms with Crippen LogP contribution in [0.5, 0.6) is 0 Å². The van der Waals surface area contributed by atoms with Gasteiger partial charge in [-0.1, -0.05) is 0 Å². The minimum Gasteiger partial charge on any atom is -0.342 e. The molecule has 0 bridgehead atoms. The highest BCUT2D eigenvalue weighted by atomic mass is 16.2. The summed E-state index contributed by atoms with van der Waals surface area (Å²) >= 11 is 0. The second-order valence-electron chi connectivity index (χ2n) is 7.08. The normalized spacial score (nSPS) is 38.8. The number of rotatable bonds is 2. The molecule has 2 unspecified atom stereocenters. The van der Waals surface area contributed by atoms with Gasteiger partial charge in [0, 0.05) is 25.2 Å². The van der Waals surface area contributed by atoms with Gasteiger partial charge in [0.1, 0.15) is 0 Å². The highest BCUT2D eigenvalue weighted by molar-refractivity contribution is 5.78. The molecule has 4 atom stereocenters. The first-order chi connectivity index (χ1) is 9.65. The van der Waals surface area contributed by atoms with Gasteiger partial charge in [-0.15, -0.1) is 0 Å². The summed E-state index contributed by atoms with van der Waals surface area (Å²) in [5.74, 6) is 1.97. The SMILES string of the molecule is CC1CCC(C)N1CC(=O)N1CC[C@@H]2CNC[C@@H]2CC1. The highest BCUT2D eigenvalue weighted by Gasteiger charge is 2.33. The number of carbonyl (C=O) groups is 1. The molecule has 0 radical (unpaired) electrons. The van der Waals surface area contributed by atoms with Crippen LogP contribution >= 0.6 is 0 Å².